The van der Waals surface area contributed by atoms with Crippen molar-refractivity contribution in [1.29, 1.82) is 0 Å². The van der Waals surface area contributed by atoms with E-state index in [1.165, 1.54) is 37.7 Å². The molecule has 0 saturated heterocycles. The highest BCUT2D eigenvalue weighted by Crippen LogP contribution is 2.40. The summed E-state index contributed by atoms with van der Waals surface area (Å²) in [5, 5.41) is 11.1. The molecule has 0 radical (unpaired) electrons. The summed E-state index contributed by atoms with van der Waals surface area (Å²) in [5.74, 6) is 0.875. The van der Waals surface area contributed by atoms with E-state index in [9.17, 15) is 0 Å². The lowest BCUT2D eigenvalue weighted by molar-refractivity contribution is 0.283. The largest absolute Gasteiger partial charge is 0.356 e. The zero-order chi connectivity index (χ0) is 17.5. The van der Waals surface area contributed by atoms with Crippen LogP contribution in [0.3, 0.4) is 0 Å². The SMILES string of the molecule is CCC1(CNC(=NC)NCc2ccc(-n3cncn3)cc2)CCCC1. The van der Waals surface area contributed by atoms with Crippen LogP contribution in [0.5, 0.6) is 0 Å². The van der Waals surface area contributed by atoms with Gasteiger partial charge in [-0.3, -0.25) is 4.99 Å². The van der Waals surface area contributed by atoms with Crippen LogP contribution in [-0.2, 0) is 6.54 Å². The third-order valence-electron chi connectivity index (χ3n) is 5.35. The van der Waals surface area contributed by atoms with E-state index in [1.54, 1.807) is 17.3 Å². The lowest BCUT2D eigenvalue weighted by Crippen LogP contribution is -2.42. The molecule has 2 aromatic rings. The average molecular weight is 340 g/mol. The first-order valence-corrected chi connectivity index (χ1v) is 9.13. The third kappa shape index (κ3) is 4.38. The molecule has 0 atom stereocenters. The second-order valence-corrected chi connectivity index (χ2v) is 6.85. The maximum atomic E-state index is 4.36. The molecule has 0 spiro atoms. The van der Waals surface area contributed by atoms with Gasteiger partial charge in [-0.25, -0.2) is 9.67 Å². The van der Waals surface area contributed by atoms with Crippen molar-refractivity contribution in [3.63, 3.8) is 0 Å². The highest BCUT2D eigenvalue weighted by Gasteiger charge is 2.31. The van der Waals surface area contributed by atoms with Crippen LogP contribution in [0.2, 0.25) is 0 Å². The molecular formula is C19H28N6. The lowest BCUT2D eigenvalue weighted by Gasteiger charge is -2.28. The number of aromatic nitrogens is 3. The predicted octanol–water partition coefficient (Wildman–Crippen LogP) is 2.90. The fourth-order valence-electron chi connectivity index (χ4n) is 3.57. The summed E-state index contributed by atoms with van der Waals surface area (Å²) in [5.41, 5.74) is 2.67. The average Bonchev–Trinajstić information content (AvgIpc) is 3.35. The van der Waals surface area contributed by atoms with E-state index >= 15 is 0 Å². The predicted molar refractivity (Wildman–Crippen MR) is 101 cm³/mol. The Labute approximate surface area is 149 Å². The Kier molecular flexibility index (Phi) is 5.68. The first-order valence-electron chi connectivity index (χ1n) is 9.13. The maximum absolute atomic E-state index is 4.36. The van der Waals surface area contributed by atoms with Gasteiger partial charge < -0.3 is 10.6 Å². The second kappa shape index (κ2) is 8.14. The van der Waals surface area contributed by atoms with E-state index in [2.05, 4.69) is 44.8 Å². The monoisotopic (exact) mass is 340 g/mol. The Balaban J connectivity index is 1.51. The van der Waals surface area contributed by atoms with Gasteiger partial charge in [-0.05, 0) is 42.4 Å². The van der Waals surface area contributed by atoms with Gasteiger partial charge in [0.05, 0.1) is 5.69 Å². The van der Waals surface area contributed by atoms with Gasteiger partial charge in [0.1, 0.15) is 12.7 Å². The van der Waals surface area contributed by atoms with Crippen LogP contribution in [-0.4, -0.2) is 34.3 Å². The molecule has 25 heavy (non-hydrogen) atoms. The number of rotatable bonds is 6. The Hall–Kier alpha value is -2.37. The minimum atomic E-state index is 0.455. The van der Waals surface area contributed by atoms with Gasteiger partial charge in [-0.15, -0.1) is 0 Å². The van der Waals surface area contributed by atoms with Crippen molar-refractivity contribution in [3.8, 4) is 5.69 Å². The minimum Gasteiger partial charge on any atom is -0.356 e. The zero-order valence-corrected chi connectivity index (χ0v) is 15.2. The quantitative estimate of drug-likeness (QED) is 0.627. The van der Waals surface area contributed by atoms with Gasteiger partial charge in [0.2, 0.25) is 0 Å². The Morgan fingerprint density at radius 2 is 1.96 bits per heavy atom. The molecule has 1 heterocycles. The summed E-state index contributed by atoms with van der Waals surface area (Å²) < 4.78 is 1.75. The smallest absolute Gasteiger partial charge is 0.191 e. The molecule has 6 nitrogen and oxygen atoms in total. The van der Waals surface area contributed by atoms with Crippen LogP contribution in [0.4, 0.5) is 0 Å². The van der Waals surface area contributed by atoms with Crippen LogP contribution < -0.4 is 10.6 Å². The molecule has 1 fully saturated rings. The first-order chi connectivity index (χ1) is 12.2. The van der Waals surface area contributed by atoms with E-state index < -0.39 is 0 Å². The van der Waals surface area contributed by atoms with Gasteiger partial charge in [0.15, 0.2) is 5.96 Å². The van der Waals surface area contributed by atoms with E-state index in [-0.39, 0.29) is 0 Å². The van der Waals surface area contributed by atoms with Crippen molar-refractivity contribution in [3.05, 3.63) is 42.5 Å². The Bertz CT molecular complexity index is 668. The van der Waals surface area contributed by atoms with Crippen molar-refractivity contribution in [2.24, 2.45) is 10.4 Å². The number of hydrogen-bond donors (Lipinski definition) is 2. The van der Waals surface area contributed by atoms with Gasteiger partial charge in [0, 0.05) is 20.1 Å². The fraction of sp³-hybridized carbons (Fsp3) is 0.526. The van der Waals surface area contributed by atoms with Crippen LogP contribution in [0.15, 0.2) is 41.9 Å². The van der Waals surface area contributed by atoms with Crippen LogP contribution in [0.25, 0.3) is 5.69 Å². The van der Waals surface area contributed by atoms with Gasteiger partial charge in [-0.2, -0.15) is 5.10 Å². The third-order valence-corrected chi connectivity index (χ3v) is 5.35. The van der Waals surface area contributed by atoms with Crippen molar-refractivity contribution >= 4 is 5.96 Å². The highest BCUT2D eigenvalue weighted by atomic mass is 15.3. The van der Waals surface area contributed by atoms with E-state index in [4.69, 9.17) is 0 Å². The molecule has 1 aliphatic rings. The molecule has 0 unspecified atom stereocenters. The summed E-state index contributed by atoms with van der Waals surface area (Å²) in [6, 6.07) is 8.29. The molecule has 1 aliphatic carbocycles. The molecule has 1 saturated carbocycles. The lowest BCUT2D eigenvalue weighted by atomic mass is 9.83. The minimum absolute atomic E-state index is 0.455. The second-order valence-electron chi connectivity index (χ2n) is 6.85. The standard InChI is InChI=1S/C19H28N6/c1-3-19(10-4-5-11-19)13-23-18(20-2)22-12-16-6-8-17(9-7-16)25-15-21-14-24-25/h6-9,14-15H,3-5,10-13H2,1-2H3,(H2,20,22,23). The molecule has 0 aliphatic heterocycles. The number of aliphatic imine (C=N–C) groups is 1. The number of hydrogen-bond acceptors (Lipinski definition) is 3. The van der Waals surface area contributed by atoms with Crippen molar-refractivity contribution < 1.29 is 0 Å². The maximum Gasteiger partial charge on any atom is 0.191 e. The molecule has 2 N–H and O–H groups in total. The zero-order valence-electron chi connectivity index (χ0n) is 15.2. The van der Waals surface area contributed by atoms with Crippen LogP contribution >= 0.6 is 0 Å². The fourth-order valence-corrected chi connectivity index (χ4v) is 3.57. The van der Waals surface area contributed by atoms with E-state index in [0.717, 1.165) is 24.7 Å². The topological polar surface area (TPSA) is 67.1 Å². The molecule has 3 rings (SSSR count). The molecule has 1 aromatic carbocycles. The van der Waals surface area contributed by atoms with Gasteiger partial charge in [-0.1, -0.05) is 31.9 Å². The van der Waals surface area contributed by atoms with Gasteiger partial charge >= 0.3 is 0 Å². The summed E-state index contributed by atoms with van der Waals surface area (Å²) in [6.07, 6.45) is 9.86. The summed E-state index contributed by atoms with van der Waals surface area (Å²) in [7, 11) is 1.83. The van der Waals surface area contributed by atoms with E-state index in [1.807, 2.05) is 19.2 Å². The highest BCUT2D eigenvalue weighted by molar-refractivity contribution is 5.79. The molecule has 0 amide bonds. The van der Waals surface area contributed by atoms with Crippen molar-refractivity contribution in [2.45, 2.75) is 45.6 Å². The Morgan fingerprint density at radius 1 is 1.20 bits per heavy atom. The molecule has 134 valence electrons. The molecule has 1 aromatic heterocycles. The first kappa shape index (κ1) is 17.5. The summed E-state index contributed by atoms with van der Waals surface area (Å²) in [4.78, 5) is 8.33. The summed E-state index contributed by atoms with van der Waals surface area (Å²) in [6.45, 7) is 4.06. The number of nitrogens with one attached hydrogen (secondary N) is 2. The summed E-state index contributed by atoms with van der Waals surface area (Å²) >= 11 is 0. The number of nitrogens with zero attached hydrogens (tertiary/aromatic N) is 4. The molecule has 0 bridgehead atoms. The van der Waals surface area contributed by atoms with Gasteiger partial charge in [0.25, 0.3) is 0 Å². The number of guanidine groups is 1. The molecular weight excluding hydrogens is 312 g/mol. The number of benzene rings is 1. The Morgan fingerprint density at radius 3 is 2.56 bits per heavy atom. The normalized spacial score (nSPS) is 16.8. The molecule has 6 heteroatoms. The van der Waals surface area contributed by atoms with Crippen molar-refractivity contribution in [2.75, 3.05) is 13.6 Å². The van der Waals surface area contributed by atoms with Crippen LogP contribution in [0, 0.1) is 5.41 Å². The van der Waals surface area contributed by atoms with Crippen LogP contribution in [0.1, 0.15) is 44.6 Å². The van der Waals surface area contributed by atoms with Crippen molar-refractivity contribution in [1.82, 2.24) is 25.4 Å². The van der Waals surface area contributed by atoms with E-state index in [0.29, 0.717) is 5.41 Å².